The van der Waals surface area contributed by atoms with E-state index < -0.39 is 0 Å². The maximum atomic E-state index is 12.3. The fraction of sp³-hybridized carbons (Fsp3) is 0.571. The molecule has 2 fully saturated rings. The molecule has 96 valence electrons. The number of nitrogens with one attached hydrogen (secondary N) is 2. The van der Waals surface area contributed by atoms with Crippen LogP contribution in [0.15, 0.2) is 18.3 Å². The smallest absolute Gasteiger partial charge is 0.255 e. The highest BCUT2D eigenvalue weighted by atomic mass is 16.1. The summed E-state index contributed by atoms with van der Waals surface area (Å²) in [5, 5.41) is 6.18. The van der Waals surface area contributed by atoms with Crippen LogP contribution in [0.2, 0.25) is 0 Å². The van der Waals surface area contributed by atoms with Gasteiger partial charge in [0, 0.05) is 19.3 Å². The van der Waals surface area contributed by atoms with Gasteiger partial charge in [-0.05, 0) is 49.7 Å². The van der Waals surface area contributed by atoms with Crippen LogP contribution in [0.4, 0.5) is 5.82 Å². The quantitative estimate of drug-likeness (QED) is 0.834. The van der Waals surface area contributed by atoms with E-state index in [9.17, 15) is 4.79 Å². The Hall–Kier alpha value is -1.58. The van der Waals surface area contributed by atoms with Crippen molar-refractivity contribution in [2.24, 2.45) is 11.8 Å². The van der Waals surface area contributed by atoms with Gasteiger partial charge in [0.1, 0.15) is 5.82 Å². The third-order valence-corrected chi connectivity index (χ3v) is 3.85. The molecule has 1 heterocycles. The predicted octanol–water partition coefficient (Wildman–Crippen LogP) is 2.04. The molecule has 1 aromatic heterocycles. The van der Waals surface area contributed by atoms with Crippen molar-refractivity contribution in [1.82, 2.24) is 10.3 Å². The van der Waals surface area contributed by atoms with Crippen molar-refractivity contribution in [3.63, 3.8) is 0 Å². The summed E-state index contributed by atoms with van der Waals surface area (Å²) in [6.45, 7) is 0. The summed E-state index contributed by atoms with van der Waals surface area (Å²) in [7, 11) is 1.79. The minimum Gasteiger partial charge on any atom is -0.372 e. The number of hydrogen-bond donors (Lipinski definition) is 2. The molecule has 2 saturated carbocycles. The molecule has 3 rings (SSSR count). The van der Waals surface area contributed by atoms with Crippen LogP contribution in [-0.4, -0.2) is 24.0 Å². The van der Waals surface area contributed by atoms with Gasteiger partial charge in [-0.2, -0.15) is 0 Å². The Morgan fingerprint density at radius 3 is 2.56 bits per heavy atom. The Morgan fingerprint density at radius 1 is 1.33 bits per heavy atom. The lowest BCUT2D eigenvalue weighted by Crippen LogP contribution is -2.38. The molecule has 4 nitrogen and oxygen atoms in total. The van der Waals surface area contributed by atoms with Crippen LogP contribution in [0.25, 0.3) is 0 Å². The van der Waals surface area contributed by atoms with E-state index in [2.05, 4.69) is 15.6 Å². The van der Waals surface area contributed by atoms with E-state index in [0.717, 1.165) is 11.8 Å². The number of aromatic nitrogens is 1. The lowest BCUT2D eigenvalue weighted by Gasteiger charge is -2.18. The monoisotopic (exact) mass is 245 g/mol. The molecule has 1 aromatic rings. The van der Waals surface area contributed by atoms with Gasteiger partial charge in [-0.1, -0.05) is 0 Å². The summed E-state index contributed by atoms with van der Waals surface area (Å²) < 4.78 is 0. The molecule has 2 aliphatic carbocycles. The minimum absolute atomic E-state index is 0.0104. The Bertz CT molecular complexity index is 440. The topological polar surface area (TPSA) is 54.0 Å². The number of carbonyl (C=O) groups is 1. The van der Waals surface area contributed by atoms with Gasteiger partial charge >= 0.3 is 0 Å². The van der Waals surface area contributed by atoms with Crippen molar-refractivity contribution < 1.29 is 4.79 Å². The fourth-order valence-electron chi connectivity index (χ4n) is 2.55. The van der Waals surface area contributed by atoms with E-state index in [1.165, 1.54) is 25.7 Å². The van der Waals surface area contributed by atoms with Gasteiger partial charge < -0.3 is 10.6 Å². The third-order valence-electron chi connectivity index (χ3n) is 3.85. The number of hydrogen-bond acceptors (Lipinski definition) is 3. The number of carbonyl (C=O) groups excluding carboxylic acids is 1. The second-order valence-corrected chi connectivity index (χ2v) is 5.32. The average Bonchev–Trinajstić information content (AvgIpc) is 3.29. The van der Waals surface area contributed by atoms with Crippen LogP contribution in [0.1, 0.15) is 36.0 Å². The lowest BCUT2D eigenvalue weighted by molar-refractivity contribution is 0.0927. The van der Waals surface area contributed by atoms with Gasteiger partial charge in [-0.3, -0.25) is 4.79 Å². The summed E-state index contributed by atoms with van der Waals surface area (Å²) in [5.74, 6) is 2.10. The van der Waals surface area contributed by atoms with Crippen LogP contribution in [-0.2, 0) is 0 Å². The summed E-state index contributed by atoms with van der Waals surface area (Å²) in [6, 6.07) is 4.02. The molecule has 2 aliphatic rings. The molecule has 0 atom stereocenters. The number of anilines is 1. The molecule has 2 N–H and O–H groups in total. The summed E-state index contributed by atoms with van der Waals surface area (Å²) in [5.41, 5.74) is 0.645. The van der Waals surface area contributed by atoms with E-state index in [-0.39, 0.29) is 5.91 Å². The zero-order valence-corrected chi connectivity index (χ0v) is 10.6. The number of pyridine rings is 1. The van der Waals surface area contributed by atoms with Gasteiger partial charge in [0.2, 0.25) is 0 Å². The van der Waals surface area contributed by atoms with Crippen molar-refractivity contribution >= 4 is 11.7 Å². The van der Waals surface area contributed by atoms with E-state index >= 15 is 0 Å². The molecule has 0 bridgehead atoms. The first kappa shape index (κ1) is 11.5. The van der Waals surface area contributed by atoms with E-state index in [4.69, 9.17) is 0 Å². The number of rotatable bonds is 5. The standard InChI is InChI=1S/C14H19N3O/c1-15-13-11(3-2-8-16-13)14(18)17-12(9-4-5-9)10-6-7-10/h2-3,8-10,12H,4-7H2,1H3,(H,15,16)(H,17,18). The van der Waals surface area contributed by atoms with E-state index in [0.29, 0.717) is 17.4 Å². The second-order valence-electron chi connectivity index (χ2n) is 5.32. The molecule has 0 spiro atoms. The molecular formula is C14H19N3O. The molecule has 0 radical (unpaired) electrons. The minimum atomic E-state index is 0.0104. The summed E-state index contributed by atoms with van der Waals surface area (Å²) in [6.07, 6.45) is 6.78. The van der Waals surface area contributed by atoms with Gasteiger partial charge in [0.15, 0.2) is 0 Å². The Morgan fingerprint density at radius 2 is 2.00 bits per heavy atom. The maximum Gasteiger partial charge on any atom is 0.255 e. The zero-order valence-electron chi connectivity index (χ0n) is 10.6. The normalized spacial score (nSPS) is 18.8. The van der Waals surface area contributed by atoms with Crippen molar-refractivity contribution in [2.45, 2.75) is 31.7 Å². The van der Waals surface area contributed by atoms with Crippen molar-refractivity contribution in [2.75, 3.05) is 12.4 Å². The van der Waals surface area contributed by atoms with Crippen molar-refractivity contribution in [3.05, 3.63) is 23.9 Å². The summed E-state index contributed by atoms with van der Waals surface area (Å²) >= 11 is 0. The fourth-order valence-corrected chi connectivity index (χ4v) is 2.55. The van der Waals surface area contributed by atoms with Gasteiger partial charge in [0.05, 0.1) is 5.56 Å². The molecule has 0 unspecified atom stereocenters. The van der Waals surface area contributed by atoms with Crippen LogP contribution in [0, 0.1) is 11.8 Å². The van der Waals surface area contributed by atoms with Crippen molar-refractivity contribution in [1.29, 1.82) is 0 Å². The average molecular weight is 245 g/mol. The second kappa shape index (κ2) is 4.59. The van der Waals surface area contributed by atoms with Gasteiger partial charge in [-0.25, -0.2) is 4.98 Å². The van der Waals surface area contributed by atoms with Crippen LogP contribution in [0.3, 0.4) is 0 Å². The third kappa shape index (κ3) is 2.33. The van der Waals surface area contributed by atoms with Crippen molar-refractivity contribution in [3.8, 4) is 0 Å². The highest BCUT2D eigenvalue weighted by Crippen LogP contribution is 2.44. The Balaban J connectivity index is 1.73. The molecule has 0 aliphatic heterocycles. The number of nitrogens with zero attached hydrogens (tertiary/aromatic N) is 1. The first-order chi connectivity index (χ1) is 8.79. The predicted molar refractivity (Wildman–Crippen MR) is 70.5 cm³/mol. The molecule has 0 aromatic carbocycles. The van der Waals surface area contributed by atoms with Crippen LogP contribution >= 0.6 is 0 Å². The highest BCUT2D eigenvalue weighted by Gasteiger charge is 2.42. The molecule has 1 amide bonds. The first-order valence-corrected chi connectivity index (χ1v) is 6.73. The Labute approximate surface area is 107 Å². The lowest BCUT2D eigenvalue weighted by atomic mass is 10.1. The highest BCUT2D eigenvalue weighted by molar-refractivity contribution is 5.98. The van der Waals surface area contributed by atoms with E-state index in [1.54, 1.807) is 19.3 Å². The van der Waals surface area contributed by atoms with Gasteiger partial charge in [0.25, 0.3) is 5.91 Å². The largest absolute Gasteiger partial charge is 0.372 e. The van der Waals surface area contributed by atoms with Crippen LogP contribution < -0.4 is 10.6 Å². The molecular weight excluding hydrogens is 226 g/mol. The first-order valence-electron chi connectivity index (χ1n) is 6.73. The maximum absolute atomic E-state index is 12.3. The molecule has 18 heavy (non-hydrogen) atoms. The van der Waals surface area contributed by atoms with E-state index in [1.807, 2.05) is 6.07 Å². The Kier molecular flexibility index (Phi) is 2.94. The molecule has 4 heteroatoms. The molecule has 0 saturated heterocycles. The van der Waals surface area contributed by atoms with Crippen LogP contribution in [0.5, 0.6) is 0 Å². The number of amides is 1. The zero-order chi connectivity index (χ0) is 12.5. The van der Waals surface area contributed by atoms with Gasteiger partial charge in [-0.15, -0.1) is 0 Å². The summed E-state index contributed by atoms with van der Waals surface area (Å²) in [4.78, 5) is 16.5. The SMILES string of the molecule is CNc1ncccc1C(=O)NC(C1CC1)C1CC1.